The summed E-state index contributed by atoms with van der Waals surface area (Å²) in [5.74, 6) is -1.32. The highest BCUT2D eigenvalue weighted by molar-refractivity contribution is 8.24. The molecule has 5 nitrogen and oxygen atoms in total. The Hall–Kier alpha value is -1.99. The average molecular weight is 363 g/mol. The Morgan fingerprint density at radius 3 is 2.54 bits per heavy atom. The summed E-state index contributed by atoms with van der Waals surface area (Å²) >= 11 is 2.44. The number of aryl methyl sites for hydroxylation is 1. The van der Waals surface area contributed by atoms with E-state index in [-0.39, 0.29) is 23.0 Å². The molecule has 0 bridgehead atoms. The Morgan fingerprint density at radius 2 is 1.96 bits per heavy atom. The summed E-state index contributed by atoms with van der Waals surface area (Å²) in [6.07, 6.45) is 2.96. The number of carbonyl (C=O) groups is 3. The number of ketones is 1. The molecule has 24 heavy (non-hydrogen) atoms. The molecule has 1 aromatic carbocycles. The van der Waals surface area contributed by atoms with Gasteiger partial charge in [0.1, 0.15) is 5.70 Å². The molecule has 1 amide bonds. The van der Waals surface area contributed by atoms with Gasteiger partial charge in [0, 0.05) is 11.6 Å². The molecule has 0 spiro atoms. The Morgan fingerprint density at radius 1 is 1.29 bits per heavy atom. The fraction of sp³-hybridized carbons (Fsp3) is 0.235. The summed E-state index contributed by atoms with van der Waals surface area (Å²) in [6, 6.07) is 7.14. The summed E-state index contributed by atoms with van der Waals surface area (Å²) < 4.78 is 5.45. The number of allylic oxidation sites excluding steroid dienone is 1. The summed E-state index contributed by atoms with van der Waals surface area (Å²) in [7, 11) is 0. The first-order valence-corrected chi connectivity index (χ1v) is 9.27. The standard InChI is InChI=1S/C17H17NO4S2/c1-4-22-13(19)9-12-16(21)18-14(17(23-3)24-12)15(20)11-7-5-10(2)6-8-11/h5-9H,4H2,1-3H3,(H,18,21)/b12-9+. The quantitative estimate of drug-likeness (QED) is 0.492. The largest absolute Gasteiger partial charge is 0.463 e. The van der Waals surface area contributed by atoms with Gasteiger partial charge in [-0.25, -0.2) is 4.79 Å². The second-order valence-electron chi connectivity index (χ2n) is 4.88. The van der Waals surface area contributed by atoms with E-state index in [0.717, 1.165) is 23.4 Å². The van der Waals surface area contributed by atoms with Crippen LogP contribution in [0, 0.1) is 6.92 Å². The Kier molecular flexibility index (Phi) is 6.28. The van der Waals surface area contributed by atoms with Gasteiger partial charge in [-0.05, 0) is 20.1 Å². The number of amides is 1. The highest BCUT2D eigenvalue weighted by atomic mass is 32.2. The summed E-state index contributed by atoms with van der Waals surface area (Å²) in [4.78, 5) is 36.6. The molecule has 0 radical (unpaired) electrons. The number of nitrogens with one attached hydrogen (secondary N) is 1. The molecule has 126 valence electrons. The number of hydrogen-bond acceptors (Lipinski definition) is 6. The zero-order valence-corrected chi connectivity index (χ0v) is 15.2. The molecular weight excluding hydrogens is 346 g/mol. The number of rotatable bonds is 5. The van der Waals surface area contributed by atoms with E-state index in [9.17, 15) is 14.4 Å². The van der Waals surface area contributed by atoms with Crippen LogP contribution in [-0.2, 0) is 14.3 Å². The highest BCUT2D eigenvalue weighted by Gasteiger charge is 2.28. The molecule has 1 aliphatic rings. The molecule has 0 fully saturated rings. The lowest BCUT2D eigenvalue weighted by Gasteiger charge is -2.20. The monoisotopic (exact) mass is 363 g/mol. The normalized spacial score (nSPS) is 16.1. The number of esters is 1. The van der Waals surface area contributed by atoms with Crippen LogP contribution in [-0.4, -0.2) is 30.5 Å². The average Bonchev–Trinajstić information content (AvgIpc) is 2.56. The fourth-order valence-corrected chi connectivity index (χ4v) is 3.65. The maximum atomic E-state index is 12.6. The molecular formula is C17H17NO4S2. The van der Waals surface area contributed by atoms with E-state index in [2.05, 4.69) is 5.32 Å². The third-order valence-corrected chi connectivity index (χ3v) is 5.37. The van der Waals surface area contributed by atoms with Crippen molar-refractivity contribution in [2.24, 2.45) is 0 Å². The van der Waals surface area contributed by atoms with Crippen molar-refractivity contribution < 1.29 is 19.1 Å². The molecule has 0 unspecified atom stereocenters. The maximum absolute atomic E-state index is 12.6. The number of hydrogen-bond donors (Lipinski definition) is 1. The molecule has 2 rings (SSSR count). The van der Waals surface area contributed by atoms with Gasteiger partial charge >= 0.3 is 5.97 Å². The van der Waals surface area contributed by atoms with Crippen LogP contribution in [0.1, 0.15) is 22.8 Å². The van der Waals surface area contributed by atoms with Crippen LogP contribution < -0.4 is 5.32 Å². The van der Waals surface area contributed by atoms with Crippen LogP contribution in [0.3, 0.4) is 0 Å². The molecule has 1 aliphatic heterocycles. The SMILES string of the molecule is CCOC(=O)/C=C1/SC(SC)=C(C(=O)c2ccc(C)cc2)NC1=O. The Labute approximate surface area is 148 Å². The van der Waals surface area contributed by atoms with Crippen LogP contribution >= 0.6 is 23.5 Å². The van der Waals surface area contributed by atoms with E-state index in [0.29, 0.717) is 9.80 Å². The zero-order valence-electron chi connectivity index (χ0n) is 13.5. The Bertz CT molecular complexity index is 735. The molecule has 0 atom stereocenters. The topological polar surface area (TPSA) is 72.5 Å². The lowest BCUT2D eigenvalue weighted by molar-refractivity contribution is -0.137. The molecule has 0 aliphatic carbocycles. The van der Waals surface area contributed by atoms with Gasteiger partial charge in [0.2, 0.25) is 5.78 Å². The summed E-state index contributed by atoms with van der Waals surface area (Å²) in [5, 5.41) is 2.60. The minimum absolute atomic E-state index is 0.207. The third-order valence-electron chi connectivity index (χ3n) is 3.13. The van der Waals surface area contributed by atoms with Gasteiger partial charge in [0.05, 0.1) is 15.7 Å². The number of Topliss-reactive ketones (excluding diaryl/α,β-unsaturated/α-hetero) is 1. The van der Waals surface area contributed by atoms with Crippen molar-refractivity contribution >= 4 is 41.2 Å². The fourth-order valence-electron chi connectivity index (χ4n) is 1.95. The first kappa shape index (κ1) is 18.4. The van der Waals surface area contributed by atoms with Crippen LogP contribution in [0.4, 0.5) is 0 Å². The van der Waals surface area contributed by atoms with Crippen molar-refractivity contribution in [3.63, 3.8) is 0 Å². The van der Waals surface area contributed by atoms with Crippen LogP contribution in [0.2, 0.25) is 0 Å². The van der Waals surface area contributed by atoms with Gasteiger partial charge in [-0.15, -0.1) is 11.8 Å². The second-order valence-corrected chi connectivity index (χ2v) is 7.01. The van der Waals surface area contributed by atoms with Crippen molar-refractivity contribution in [3.8, 4) is 0 Å². The third kappa shape index (κ3) is 4.30. The van der Waals surface area contributed by atoms with Gasteiger partial charge in [-0.2, -0.15) is 0 Å². The maximum Gasteiger partial charge on any atom is 0.332 e. The zero-order chi connectivity index (χ0) is 17.7. The predicted molar refractivity (Wildman–Crippen MR) is 96.5 cm³/mol. The van der Waals surface area contributed by atoms with Crippen molar-refractivity contribution in [3.05, 3.63) is 56.3 Å². The lowest BCUT2D eigenvalue weighted by atomic mass is 10.1. The van der Waals surface area contributed by atoms with E-state index in [1.165, 1.54) is 11.8 Å². The van der Waals surface area contributed by atoms with Crippen LogP contribution in [0.15, 0.2) is 45.2 Å². The smallest absolute Gasteiger partial charge is 0.332 e. The molecule has 1 aromatic rings. The summed E-state index contributed by atoms with van der Waals surface area (Å²) in [5.41, 5.74) is 1.79. The van der Waals surface area contributed by atoms with Gasteiger partial charge in [-0.3, -0.25) is 9.59 Å². The van der Waals surface area contributed by atoms with Crippen molar-refractivity contribution in [2.75, 3.05) is 12.9 Å². The lowest BCUT2D eigenvalue weighted by Crippen LogP contribution is -2.32. The minimum Gasteiger partial charge on any atom is -0.463 e. The van der Waals surface area contributed by atoms with Crippen molar-refractivity contribution in [1.82, 2.24) is 5.32 Å². The van der Waals surface area contributed by atoms with E-state index in [1.807, 2.05) is 25.3 Å². The number of thioether (sulfide) groups is 2. The Balaban J connectivity index is 2.31. The van der Waals surface area contributed by atoms with Crippen LogP contribution in [0.5, 0.6) is 0 Å². The van der Waals surface area contributed by atoms with Gasteiger partial charge < -0.3 is 10.1 Å². The van der Waals surface area contributed by atoms with Crippen LogP contribution in [0.25, 0.3) is 0 Å². The molecule has 0 saturated carbocycles. The number of carbonyl (C=O) groups excluding carboxylic acids is 3. The van der Waals surface area contributed by atoms with E-state index >= 15 is 0 Å². The first-order chi connectivity index (χ1) is 11.5. The minimum atomic E-state index is -0.580. The van der Waals surface area contributed by atoms with E-state index in [1.54, 1.807) is 19.1 Å². The van der Waals surface area contributed by atoms with Gasteiger partial charge in [0.25, 0.3) is 5.91 Å². The number of ether oxygens (including phenoxy) is 1. The highest BCUT2D eigenvalue weighted by Crippen LogP contribution is 2.39. The summed E-state index contributed by atoms with van der Waals surface area (Å²) in [6.45, 7) is 3.86. The molecule has 7 heteroatoms. The van der Waals surface area contributed by atoms with Gasteiger partial charge in [0.15, 0.2) is 0 Å². The second kappa shape index (κ2) is 8.21. The predicted octanol–water partition coefficient (Wildman–Crippen LogP) is 3.02. The first-order valence-electron chi connectivity index (χ1n) is 7.23. The van der Waals surface area contributed by atoms with E-state index in [4.69, 9.17) is 4.74 Å². The molecule has 0 saturated heterocycles. The van der Waals surface area contributed by atoms with Crippen molar-refractivity contribution in [2.45, 2.75) is 13.8 Å². The number of benzene rings is 1. The molecule has 1 N–H and O–H groups in total. The molecule has 0 aromatic heterocycles. The van der Waals surface area contributed by atoms with E-state index < -0.39 is 11.9 Å². The molecule has 1 heterocycles. The van der Waals surface area contributed by atoms with Gasteiger partial charge in [-0.1, -0.05) is 41.6 Å². The van der Waals surface area contributed by atoms with Crippen molar-refractivity contribution in [1.29, 1.82) is 0 Å².